The highest BCUT2D eigenvalue weighted by Crippen LogP contribution is 2.22. The molecule has 2 heterocycles. The van der Waals surface area contributed by atoms with Crippen LogP contribution in [0.4, 0.5) is 17.5 Å². The molecule has 1 aromatic heterocycles. The third-order valence-corrected chi connectivity index (χ3v) is 5.27. The summed E-state index contributed by atoms with van der Waals surface area (Å²) in [5, 5.41) is 9.85. The van der Waals surface area contributed by atoms with Gasteiger partial charge in [0.25, 0.3) is 0 Å². The fourth-order valence-electron chi connectivity index (χ4n) is 3.22. The van der Waals surface area contributed by atoms with Crippen LogP contribution in [-0.2, 0) is 16.0 Å². The second-order valence-electron chi connectivity index (χ2n) is 7.88. The number of nitrogens with one attached hydrogen (secondary N) is 3. The molecule has 1 saturated heterocycles. The minimum atomic E-state index is 0.0710. The van der Waals surface area contributed by atoms with E-state index >= 15 is 0 Å². The summed E-state index contributed by atoms with van der Waals surface area (Å²) < 4.78 is 5.62. The minimum absolute atomic E-state index is 0.0710. The Morgan fingerprint density at radius 3 is 2.81 bits per heavy atom. The highest BCUT2D eigenvalue weighted by atomic mass is 35.5. The van der Waals surface area contributed by atoms with Crippen LogP contribution in [0.5, 0.6) is 0 Å². The van der Waals surface area contributed by atoms with E-state index < -0.39 is 0 Å². The van der Waals surface area contributed by atoms with Crippen LogP contribution in [0.1, 0.15) is 24.8 Å². The quantitative estimate of drug-likeness (QED) is 0.488. The summed E-state index contributed by atoms with van der Waals surface area (Å²) in [4.78, 5) is 22.7. The molecule has 0 spiro atoms. The highest BCUT2D eigenvalue weighted by molar-refractivity contribution is 6.32. The van der Waals surface area contributed by atoms with Gasteiger partial charge in [0.2, 0.25) is 11.9 Å². The molecule has 0 aliphatic carbocycles. The van der Waals surface area contributed by atoms with E-state index in [-0.39, 0.29) is 12.0 Å². The van der Waals surface area contributed by atoms with Crippen LogP contribution < -0.4 is 16.0 Å². The number of ether oxygens (including phenoxy) is 1. The summed E-state index contributed by atoms with van der Waals surface area (Å²) in [5.41, 5.74) is 1.97. The molecule has 0 bridgehead atoms. The van der Waals surface area contributed by atoms with Gasteiger partial charge in [0.1, 0.15) is 5.02 Å². The largest absolute Gasteiger partial charge is 0.376 e. The molecule has 31 heavy (non-hydrogen) atoms. The van der Waals surface area contributed by atoms with Gasteiger partial charge in [-0.2, -0.15) is 4.98 Å². The van der Waals surface area contributed by atoms with Crippen molar-refractivity contribution in [1.29, 1.82) is 0 Å². The first kappa shape index (κ1) is 23.2. The molecule has 2 aromatic rings. The van der Waals surface area contributed by atoms with Crippen molar-refractivity contribution in [1.82, 2.24) is 20.2 Å². The van der Waals surface area contributed by atoms with Gasteiger partial charge in [-0.15, -0.1) is 0 Å². The van der Waals surface area contributed by atoms with Crippen molar-refractivity contribution in [3.63, 3.8) is 0 Å². The van der Waals surface area contributed by atoms with Crippen molar-refractivity contribution in [2.45, 2.75) is 31.8 Å². The third-order valence-electron chi connectivity index (χ3n) is 5.00. The van der Waals surface area contributed by atoms with Gasteiger partial charge in [-0.05, 0) is 51.1 Å². The average molecular weight is 447 g/mol. The van der Waals surface area contributed by atoms with Crippen molar-refractivity contribution in [3.8, 4) is 0 Å². The normalized spacial score (nSPS) is 15.8. The molecule has 3 N–H and O–H groups in total. The molecular formula is C22H31ClN6O2. The first-order valence-corrected chi connectivity index (χ1v) is 11.0. The van der Waals surface area contributed by atoms with E-state index in [9.17, 15) is 4.79 Å². The molecule has 1 unspecified atom stereocenters. The first-order chi connectivity index (χ1) is 15.0. The molecule has 1 aliphatic heterocycles. The number of anilines is 3. The predicted octanol–water partition coefficient (Wildman–Crippen LogP) is 3.07. The Hall–Kier alpha value is -2.42. The van der Waals surface area contributed by atoms with E-state index in [1.807, 2.05) is 43.3 Å². The van der Waals surface area contributed by atoms with E-state index in [1.54, 1.807) is 6.20 Å². The molecule has 1 amide bonds. The van der Waals surface area contributed by atoms with Crippen LogP contribution in [0, 0.1) is 0 Å². The smallest absolute Gasteiger partial charge is 0.229 e. The van der Waals surface area contributed by atoms with Crippen LogP contribution in [0.3, 0.4) is 0 Å². The number of carbonyl (C=O) groups excluding carboxylic acids is 1. The van der Waals surface area contributed by atoms with Gasteiger partial charge in [-0.25, -0.2) is 4.98 Å². The molecule has 0 radical (unpaired) electrons. The van der Waals surface area contributed by atoms with Gasteiger partial charge in [-0.3, -0.25) is 4.79 Å². The Bertz CT molecular complexity index is 840. The Morgan fingerprint density at radius 2 is 2.10 bits per heavy atom. The van der Waals surface area contributed by atoms with Crippen LogP contribution in [0.15, 0.2) is 30.5 Å². The number of carbonyl (C=O) groups is 1. The van der Waals surface area contributed by atoms with E-state index in [4.69, 9.17) is 16.3 Å². The van der Waals surface area contributed by atoms with Crippen LogP contribution in [0.25, 0.3) is 0 Å². The lowest BCUT2D eigenvalue weighted by atomic mass is 10.1. The summed E-state index contributed by atoms with van der Waals surface area (Å²) in [6, 6.07) is 7.91. The Morgan fingerprint density at radius 1 is 1.29 bits per heavy atom. The molecule has 168 valence electrons. The lowest BCUT2D eigenvalue weighted by Crippen LogP contribution is -2.31. The minimum Gasteiger partial charge on any atom is -0.376 e. The number of rotatable bonds is 11. The first-order valence-electron chi connectivity index (χ1n) is 10.6. The summed E-state index contributed by atoms with van der Waals surface area (Å²) >= 11 is 6.22. The predicted molar refractivity (Wildman–Crippen MR) is 124 cm³/mol. The zero-order valence-corrected chi connectivity index (χ0v) is 18.9. The SMILES string of the molecule is CN(C)CCNC(=O)CCc1ccc(Nc2ncc(Cl)c(NCC3CCCO3)n2)cc1. The molecule has 1 atom stereocenters. The Labute approximate surface area is 188 Å². The number of aryl methyl sites for hydroxylation is 1. The van der Waals surface area contributed by atoms with E-state index in [2.05, 4.69) is 25.9 Å². The molecule has 1 fully saturated rings. The molecule has 3 rings (SSSR count). The van der Waals surface area contributed by atoms with Gasteiger partial charge in [0, 0.05) is 38.3 Å². The molecular weight excluding hydrogens is 416 g/mol. The average Bonchev–Trinajstić information content (AvgIpc) is 3.27. The number of aromatic nitrogens is 2. The maximum absolute atomic E-state index is 11.9. The summed E-state index contributed by atoms with van der Waals surface area (Å²) in [5.74, 6) is 1.13. The zero-order valence-electron chi connectivity index (χ0n) is 18.2. The van der Waals surface area contributed by atoms with Gasteiger partial charge in [0.15, 0.2) is 5.82 Å². The number of halogens is 1. The monoisotopic (exact) mass is 446 g/mol. The third kappa shape index (κ3) is 7.97. The van der Waals surface area contributed by atoms with Crippen molar-refractivity contribution >= 4 is 35.0 Å². The lowest BCUT2D eigenvalue weighted by Gasteiger charge is -2.13. The Kier molecular flexibility index (Phi) is 8.87. The van der Waals surface area contributed by atoms with Crippen molar-refractivity contribution < 1.29 is 9.53 Å². The maximum Gasteiger partial charge on any atom is 0.229 e. The number of nitrogens with zero attached hydrogens (tertiary/aromatic N) is 3. The van der Waals surface area contributed by atoms with Gasteiger partial charge in [-0.1, -0.05) is 23.7 Å². The lowest BCUT2D eigenvalue weighted by molar-refractivity contribution is -0.121. The van der Waals surface area contributed by atoms with Crippen LogP contribution >= 0.6 is 11.6 Å². The van der Waals surface area contributed by atoms with Crippen molar-refractivity contribution in [2.24, 2.45) is 0 Å². The van der Waals surface area contributed by atoms with Gasteiger partial charge >= 0.3 is 0 Å². The fraction of sp³-hybridized carbons (Fsp3) is 0.500. The number of benzene rings is 1. The van der Waals surface area contributed by atoms with Crippen molar-refractivity contribution in [2.75, 3.05) is 51.0 Å². The fourth-order valence-corrected chi connectivity index (χ4v) is 3.37. The molecule has 0 saturated carbocycles. The number of hydrogen-bond acceptors (Lipinski definition) is 7. The van der Waals surface area contributed by atoms with Crippen molar-refractivity contribution in [3.05, 3.63) is 41.0 Å². The number of amides is 1. The second-order valence-corrected chi connectivity index (χ2v) is 8.29. The number of hydrogen-bond donors (Lipinski definition) is 3. The van der Waals surface area contributed by atoms with E-state index in [1.165, 1.54) is 0 Å². The zero-order chi connectivity index (χ0) is 22.1. The summed E-state index contributed by atoms with van der Waals surface area (Å²) in [7, 11) is 3.97. The highest BCUT2D eigenvalue weighted by Gasteiger charge is 2.16. The molecule has 9 heteroatoms. The maximum atomic E-state index is 11.9. The summed E-state index contributed by atoms with van der Waals surface area (Å²) in [6.45, 7) is 2.99. The molecule has 1 aliphatic rings. The van der Waals surface area contributed by atoms with Gasteiger partial charge < -0.3 is 25.6 Å². The summed E-state index contributed by atoms with van der Waals surface area (Å²) in [6.07, 6.45) is 5.09. The van der Waals surface area contributed by atoms with Crippen LogP contribution in [0.2, 0.25) is 5.02 Å². The topological polar surface area (TPSA) is 91.4 Å². The van der Waals surface area contributed by atoms with E-state index in [0.717, 1.165) is 37.2 Å². The standard InChI is InChI=1S/C22H31ClN6O2/c1-29(2)12-11-24-20(30)10-7-16-5-8-17(9-6-16)27-22-26-15-19(23)21(28-22)25-14-18-4-3-13-31-18/h5-6,8-9,15,18H,3-4,7,10-14H2,1-2H3,(H,24,30)(H2,25,26,27,28). The number of likely N-dealkylation sites (N-methyl/N-ethyl adjacent to an activating group) is 1. The van der Waals surface area contributed by atoms with E-state index in [0.29, 0.717) is 42.7 Å². The Balaban J connectivity index is 1.47. The van der Waals surface area contributed by atoms with Gasteiger partial charge in [0.05, 0.1) is 12.3 Å². The van der Waals surface area contributed by atoms with Crippen LogP contribution in [-0.4, -0.2) is 67.2 Å². The molecule has 8 nitrogen and oxygen atoms in total. The second kappa shape index (κ2) is 11.8. The molecule has 1 aromatic carbocycles.